The van der Waals surface area contributed by atoms with E-state index in [2.05, 4.69) is 15.3 Å². The number of anilines is 2. The molecule has 0 aliphatic heterocycles. The topological polar surface area (TPSA) is 84.1 Å². The van der Waals surface area contributed by atoms with Crippen molar-refractivity contribution in [3.05, 3.63) is 11.5 Å². The molecule has 0 spiro atoms. The van der Waals surface area contributed by atoms with Crippen molar-refractivity contribution in [3.8, 4) is 0 Å². The summed E-state index contributed by atoms with van der Waals surface area (Å²) in [6, 6.07) is 0. The average Bonchev–Trinajstić information content (AvgIpc) is 2.31. The Labute approximate surface area is 105 Å². The summed E-state index contributed by atoms with van der Waals surface area (Å²) in [6.45, 7) is 2.88. The van der Waals surface area contributed by atoms with Gasteiger partial charge in [0, 0.05) is 13.6 Å². The van der Waals surface area contributed by atoms with E-state index in [1.54, 1.807) is 11.9 Å². The minimum Gasteiger partial charge on any atom is -0.394 e. The van der Waals surface area contributed by atoms with Crippen LogP contribution in [0, 0.1) is 0 Å². The number of likely N-dealkylation sites (N-methyl/N-ethyl adjacent to an activating group) is 1. The number of nitrogens with zero attached hydrogens (tertiary/aromatic N) is 3. The molecule has 1 heterocycles. The molecule has 1 amide bonds. The molecular formula is C10H16ClN5O. The van der Waals surface area contributed by atoms with Crippen molar-refractivity contribution in [3.63, 3.8) is 0 Å². The molecular weight excluding hydrogens is 242 g/mol. The predicted octanol–water partition coefficient (Wildman–Crippen LogP) is 0.675. The molecule has 94 valence electrons. The molecule has 3 N–H and O–H groups in total. The summed E-state index contributed by atoms with van der Waals surface area (Å²) in [7, 11) is 1.59. The lowest BCUT2D eigenvalue weighted by Crippen LogP contribution is -2.37. The van der Waals surface area contributed by atoms with Crippen molar-refractivity contribution in [2.45, 2.75) is 13.3 Å². The SMILES string of the molecule is CCCN(CC(=O)NC)c1nc(Cl)ncc1N. The summed E-state index contributed by atoms with van der Waals surface area (Å²) >= 11 is 5.73. The summed E-state index contributed by atoms with van der Waals surface area (Å²) in [4.78, 5) is 21.0. The van der Waals surface area contributed by atoms with Gasteiger partial charge in [-0.1, -0.05) is 6.92 Å². The maximum atomic E-state index is 11.4. The summed E-state index contributed by atoms with van der Waals surface area (Å²) in [5, 5.41) is 2.68. The molecule has 7 heteroatoms. The van der Waals surface area contributed by atoms with Crippen LogP contribution in [0.2, 0.25) is 5.28 Å². The van der Waals surface area contributed by atoms with Crippen LogP contribution in [0.4, 0.5) is 11.5 Å². The Morgan fingerprint density at radius 1 is 1.65 bits per heavy atom. The Bertz CT molecular complexity index is 398. The number of rotatable bonds is 5. The monoisotopic (exact) mass is 257 g/mol. The number of amides is 1. The second-order valence-electron chi connectivity index (χ2n) is 3.51. The van der Waals surface area contributed by atoms with Gasteiger partial charge in [0.05, 0.1) is 18.4 Å². The molecule has 0 atom stereocenters. The Morgan fingerprint density at radius 2 is 2.35 bits per heavy atom. The third kappa shape index (κ3) is 3.74. The Kier molecular flexibility index (Phi) is 4.96. The first-order chi connectivity index (χ1) is 8.08. The third-order valence-corrected chi connectivity index (χ3v) is 2.35. The van der Waals surface area contributed by atoms with Crippen LogP contribution in [0.5, 0.6) is 0 Å². The van der Waals surface area contributed by atoms with Crippen LogP contribution >= 0.6 is 11.6 Å². The number of hydrogen-bond acceptors (Lipinski definition) is 5. The quantitative estimate of drug-likeness (QED) is 0.758. The zero-order valence-corrected chi connectivity index (χ0v) is 10.7. The van der Waals surface area contributed by atoms with Crippen molar-refractivity contribution in [2.24, 2.45) is 0 Å². The van der Waals surface area contributed by atoms with Gasteiger partial charge in [-0.15, -0.1) is 0 Å². The molecule has 1 aromatic rings. The van der Waals surface area contributed by atoms with Crippen LogP contribution in [0.15, 0.2) is 6.20 Å². The Hall–Kier alpha value is -1.56. The van der Waals surface area contributed by atoms with Crippen LogP contribution in [0.1, 0.15) is 13.3 Å². The molecule has 0 aromatic carbocycles. The van der Waals surface area contributed by atoms with Crippen LogP contribution in [-0.2, 0) is 4.79 Å². The van der Waals surface area contributed by atoms with Gasteiger partial charge in [-0.2, -0.15) is 4.98 Å². The molecule has 0 saturated carbocycles. The van der Waals surface area contributed by atoms with Crippen molar-refractivity contribution >= 4 is 29.0 Å². The number of carbonyl (C=O) groups is 1. The van der Waals surface area contributed by atoms with Crippen LogP contribution in [0.25, 0.3) is 0 Å². The van der Waals surface area contributed by atoms with Gasteiger partial charge in [0.1, 0.15) is 0 Å². The zero-order chi connectivity index (χ0) is 12.8. The third-order valence-electron chi connectivity index (χ3n) is 2.17. The lowest BCUT2D eigenvalue weighted by Gasteiger charge is -2.23. The van der Waals surface area contributed by atoms with Crippen LogP contribution in [-0.4, -0.2) is 36.0 Å². The summed E-state index contributed by atoms with van der Waals surface area (Å²) in [5.74, 6) is 0.392. The lowest BCUT2D eigenvalue weighted by molar-refractivity contribution is -0.119. The van der Waals surface area contributed by atoms with E-state index in [0.29, 0.717) is 18.1 Å². The van der Waals surface area contributed by atoms with E-state index in [1.165, 1.54) is 6.20 Å². The highest BCUT2D eigenvalue weighted by atomic mass is 35.5. The molecule has 0 unspecified atom stereocenters. The first-order valence-corrected chi connectivity index (χ1v) is 5.69. The number of carbonyl (C=O) groups excluding carboxylic acids is 1. The fourth-order valence-corrected chi connectivity index (χ4v) is 1.53. The highest BCUT2D eigenvalue weighted by molar-refractivity contribution is 6.28. The number of nitrogen functional groups attached to an aromatic ring is 1. The first-order valence-electron chi connectivity index (χ1n) is 5.32. The number of hydrogen-bond donors (Lipinski definition) is 2. The van der Waals surface area contributed by atoms with Gasteiger partial charge in [0.2, 0.25) is 11.2 Å². The average molecular weight is 258 g/mol. The highest BCUT2D eigenvalue weighted by Crippen LogP contribution is 2.20. The number of nitrogens with one attached hydrogen (secondary N) is 1. The maximum absolute atomic E-state index is 11.4. The van der Waals surface area contributed by atoms with Gasteiger partial charge in [-0.3, -0.25) is 4.79 Å². The van der Waals surface area contributed by atoms with E-state index in [4.69, 9.17) is 17.3 Å². The maximum Gasteiger partial charge on any atom is 0.239 e. The minimum absolute atomic E-state index is 0.104. The number of aromatic nitrogens is 2. The lowest BCUT2D eigenvalue weighted by atomic mass is 10.3. The molecule has 6 nitrogen and oxygen atoms in total. The van der Waals surface area contributed by atoms with E-state index in [-0.39, 0.29) is 17.7 Å². The number of nitrogens with two attached hydrogens (primary N) is 1. The van der Waals surface area contributed by atoms with E-state index in [0.717, 1.165) is 6.42 Å². The molecule has 0 fully saturated rings. The summed E-state index contributed by atoms with van der Waals surface area (Å²) < 4.78 is 0. The molecule has 17 heavy (non-hydrogen) atoms. The Balaban J connectivity index is 2.95. The molecule has 0 aliphatic rings. The second kappa shape index (κ2) is 6.24. The molecule has 1 aromatic heterocycles. The standard InChI is InChI=1S/C10H16ClN5O/c1-3-4-16(6-8(17)13-2)9-7(12)5-14-10(11)15-9/h5H,3-4,6,12H2,1-2H3,(H,13,17). The number of halogens is 1. The van der Waals surface area contributed by atoms with Crippen LogP contribution in [0.3, 0.4) is 0 Å². The summed E-state index contributed by atoms with van der Waals surface area (Å²) in [5.41, 5.74) is 6.19. The molecule has 0 bridgehead atoms. The summed E-state index contributed by atoms with van der Waals surface area (Å²) in [6.07, 6.45) is 2.31. The van der Waals surface area contributed by atoms with E-state index in [9.17, 15) is 4.79 Å². The van der Waals surface area contributed by atoms with Crippen molar-refractivity contribution in [1.29, 1.82) is 0 Å². The molecule has 0 radical (unpaired) electrons. The van der Waals surface area contributed by atoms with Gasteiger partial charge in [0.25, 0.3) is 0 Å². The second-order valence-corrected chi connectivity index (χ2v) is 3.85. The molecule has 0 aliphatic carbocycles. The van der Waals surface area contributed by atoms with Crippen molar-refractivity contribution < 1.29 is 4.79 Å². The van der Waals surface area contributed by atoms with Crippen molar-refractivity contribution in [2.75, 3.05) is 30.8 Å². The van der Waals surface area contributed by atoms with E-state index in [1.807, 2.05) is 6.92 Å². The largest absolute Gasteiger partial charge is 0.394 e. The fraction of sp³-hybridized carbons (Fsp3) is 0.500. The smallest absolute Gasteiger partial charge is 0.239 e. The van der Waals surface area contributed by atoms with Crippen molar-refractivity contribution in [1.82, 2.24) is 15.3 Å². The zero-order valence-electron chi connectivity index (χ0n) is 9.90. The van der Waals surface area contributed by atoms with Gasteiger partial charge in [-0.05, 0) is 18.0 Å². The molecule has 1 rings (SSSR count). The normalized spacial score (nSPS) is 10.1. The molecule has 0 saturated heterocycles. The van der Waals surface area contributed by atoms with Gasteiger partial charge >= 0.3 is 0 Å². The Morgan fingerprint density at radius 3 is 2.94 bits per heavy atom. The van der Waals surface area contributed by atoms with Crippen LogP contribution < -0.4 is 16.0 Å². The fourth-order valence-electron chi connectivity index (χ4n) is 1.40. The van der Waals surface area contributed by atoms with E-state index >= 15 is 0 Å². The predicted molar refractivity (Wildman–Crippen MR) is 68.0 cm³/mol. The van der Waals surface area contributed by atoms with Gasteiger partial charge in [0.15, 0.2) is 5.82 Å². The highest BCUT2D eigenvalue weighted by Gasteiger charge is 2.14. The van der Waals surface area contributed by atoms with Gasteiger partial charge < -0.3 is 16.0 Å². The van der Waals surface area contributed by atoms with E-state index < -0.39 is 0 Å². The minimum atomic E-state index is -0.104. The van der Waals surface area contributed by atoms with Gasteiger partial charge in [-0.25, -0.2) is 4.98 Å². The first kappa shape index (κ1) is 13.5.